The predicted octanol–water partition coefficient (Wildman–Crippen LogP) is 3.29. The summed E-state index contributed by atoms with van der Waals surface area (Å²) in [7, 11) is 0. The molecule has 0 saturated carbocycles. The lowest BCUT2D eigenvalue weighted by atomic mass is 9.92. The van der Waals surface area contributed by atoms with Crippen molar-refractivity contribution in [2.24, 2.45) is 5.73 Å². The second-order valence-electron chi connectivity index (χ2n) is 5.25. The van der Waals surface area contributed by atoms with Crippen LogP contribution >= 0.6 is 0 Å². The Morgan fingerprint density at radius 2 is 1.72 bits per heavy atom. The van der Waals surface area contributed by atoms with Gasteiger partial charge in [0, 0.05) is 6.61 Å². The van der Waals surface area contributed by atoms with Crippen LogP contribution in [-0.4, -0.2) is 18.3 Å². The van der Waals surface area contributed by atoms with Crippen molar-refractivity contribution in [3.05, 3.63) is 29.8 Å². The molecule has 3 heteroatoms. The van der Waals surface area contributed by atoms with Crippen molar-refractivity contribution in [2.45, 2.75) is 52.4 Å². The van der Waals surface area contributed by atoms with E-state index in [0.29, 0.717) is 6.61 Å². The van der Waals surface area contributed by atoms with Gasteiger partial charge >= 0.3 is 0 Å². The van der Waals surface area contributed by atoms with Crippen LogP contribution in [0.2, 0.25) is 0 Å². The maximum absolute atomic E-state index is 6.24. The van der Waals surface area contributed by atoms with Crippen molar-refractivity contribution in [2.75, 3.05) is 6.61 Å². The Morgan fingerprint density at radius 3 is 2.17 bits per heavy atom. The summed E-state index contributed by atoms with van der Waals surface area (Å²) in [6.45, 7) is 10.7. The van der Waals surface area contributed by atoms with Gasteiger partial charge in [0.05, 0.1) is 17.7 Å². The molecule has 0 aliphatic rings. The third-order valence-corrected chi connectivity index (χ3v) is 2.88. The number of hydrogen-bond donors (Lipinski definition) is 1. The van der Waals surface area contributed by atoms with Crippen LogP contribution in [0.25, 0.3) is 0 Å². The van der Waals surface area contributed by atoms with Gasteiger partial charge in [0.1, 0.15) is 5.75 Å². The normalized spacial score (nSPS) is 13.7. The Morgan fingerprint density at radius 1 is 1.17 bits per heavy atom. The molecule has 1 atom stereocenters. The van der Waals surface area contributed by atoms with Crippen molar-refractivity contribution in [1.29, 1.82) is 0 Å². The molecular formula is C15H25NO2. The topological polar surface area (TPSA) is 44.5 Å². The first kappa shape index (κ1) is 15.0. The highest BCUT2D eigenvalue weighted by atomic mass is 16.5. The van der Waals surface area contributed by atoms with Crippen molar-refractivity contribution in [3.63, 3.8) is 0 Å². The largest absolute Gasteiger partial charge is 0.491 e. The van der Waals surface area contributed by atoms with Gasteiger partial charge in [0.25, 0.3) is 0 Å². The van der Waals surface area contributed by atoms with Crippen LogP contribution in [-0.2, 0) is 4.74 Å². The summed E-state index contributed by atoms with van der Waals surface area (Å²) in [6.07, 6.45) is 0.185. The Kier molecular flexibility index (Phi) is 5.17. The van der Waals surface area contributed by atoms with Gasteiger partial charge in [-0.25, -0.2) is 0 Å². The molecule has 1 aromatic carbocycles. The van der Waals surface area contributed by atoms with Gasteiger partial charge in [0.2, 0.25) is 0 Å². The molecule has 0 heterocycles. The molecule has 18 heavy (non-hydrogen) atoms. The van der Waals surface area contributed by atoms with E-state index in [2.05, 4.69) is 0 Å². The third-order valence-electron chi connectivity index (χ3n) is 2.88. The summed E-state index contributed by atoms with van der Waals surface area (Å²) in [5.74, 6) is 0.871. The molecule has 1 rings (SSSR count). The molecule has 2 N–H and O–H groups in total. The molecule has 0 aliphatic carbocycles. The van der Waals surface area contributed by atoms with Gasteiger partial charge in [0.15, 0.2) is 0 Å². The summed E-state index contributed by atoms with van der Waals surface area (Å²) in [5, 5.41) is 0. The SMILES string of the molecule is CCOC(C)(C)C(N)c1ccc(OC(C)C)cc1. The maximum atomic E-state index is 6.24. The fourth-order valence-electron chi connectivity index (χ4n) is 1.89. The van der Waals surface area contributed by atoms with E-state index in [1.165, 1.54) is 0 Å². The Balaban J connectivity index is 2.78. The lowest BCUT2D eigenvalue weighted by molar-refractivity contribution is -0.0298. The summed E-state index contributed by atoms with van der Waals surface area (Å²) in [6, 6.07) is 7.77. The molecule has 0 radical (unpaired) electrons. The smallest absolute Gasteiger partial charge is 0.119 e. The molecule has 0 fully saturated rings. The quantitative estimate of drug-likeness (QED) is 0.843. The van der Waals surface area contributed by atoms with Gasteiger partial charge in [-0.05, 0) is 52.3 Å². The van der Waals surface area contributed by atoms with Crippen molar-refractivity contribution in [3.8, 4) is 5.75 Å². The Labute approximate surface area is 110 Å². The summed E-state index contributed by atoms with van der Waals surface area (Å²) in [4.78, 5) is 0. The lowest BCUT2D eigenvalue weighted by Crippen LogP contribution is -2.38. The van der Waals surface area contributed by atoms with Gasteiger partial charge in [-0.3, -0.25) is 0 Å². The lowest BCUT2D eigenvalue weighted by Gasteiger charge is -2.31. The zero-order chi connectivity index (χ0) is 13.8. The maximum Gasteiger partial charge on any atom is 0.119 e. The van der Waals surface area contributed by atoms with Gasteiger partial charge in [-0.1, -0.05) is 12.1 Å². The monoisotopic (exact) mass is 251 g/mol. The number of ether oxygens (including phenoxy) is 2. The molecule has 102 valence electrons. The van der Waals surface area contributed by atoms with Gasteiger partial charge in [-0.15, -0.1) is 0 Å². The van der Waals surface area contributed by atoms with Crippen LogP contribution in [0, 0.1) is 0 Å². The number of rotatable bonds is 6. The molecule has 0 aromatic heterocycles. The van der Waals surface area contributed by atoms with E-state index < -0.39 is 0 Å². The second kappa shape index (κ2) is 6.21. The van der Waals surface area contributed by atoms with Crippen LogP contribution in [0.15, 0.2) is 24.3 Å². The zero-order valence-corrected chi connectivity index (χ0v) is 12.1. The summed E-state index contributed by atoms with van der Waals surface area (Å²) < 4.78 is 11.3. The highest BCUT2D eigenvalue weighted by molar-refractivity contribution is 5.30. The minimum atomic E-state index is -0.366. The van der Waals surface area contributed by atoms with Crippen molar-refractivity contribution >= 4 is 0 Å². The van der Waals surface area contributed by atoms with E-state index >= 15 is 0 Å². The molecule has 3 nitrogen and oxygen atoms in total. The van der Waals surface area contributed by atoms with Crippen LogP contribution in [0.3, 0.4) is 0 Å². The first-order valence-electron chi connectivity index (χ1n) is 6.53. The molecular weight excluding hydrogens is 226 g/mol. The van der Waals surface area contributed by atoms with Gasteiger partial charge in [-0.2, -0.15) is 0 Å². The fourth-order valence-corrected chi connectivity index (χ4v) is 1.89. The van der Waals surface area contributed by atoms with Crippen molar-refractivity contribution in [1.82, 2.24) is 0 Å². The highest BCUT2D eigenvalue weighted by Crippen LogP contribution is 2.28. The first-order valence-corrected chi connectivity index (χ1v) is 6.53. The molecule has 0 amide bonds. The molecule has 1 aromatic rings. The number of nitrogens with two attached hydrogens (primary N) is 1. The minimum absolute atomic E-state index is 0.148. The number of benzene rings is 1. The predicted molar refractivity (Wildman–Crippen MR) is 74.8 cm³/mol. The van der Waals surface area contributed by atoms with Gasteiger partial charge < -0.3 is 15.2 Å². The third kappa shape index (κ3) is 4.00. The first-order chi connectivity index (χ1) is 8.36. The second-order valence-corrected chi connectivity index (χ2v) is 5.25. The van der Waals surface area contributed by atoms with E-state index in [0.717, 1.165) is 11.3 Å². The van der Waals surface area contributed by atoms with Crippen LogP contribution < -0.4 is 10.5 Å². The fraction of sp³-hybridized carbons (Fsp3) is 0.600. The molecule has 0 aliphatic heterocycles. The van der Waals surface area contributed by atoms with E-state index in [9.17, 15) is 0 Å². The molecule has 0 saturated heterocycles. The van der Waals surface area contributed by atoms with Crippen molar-refractivity contribution < 1.29 is 9.47 Å². The summed E-state index contributed by atoms with van der Waals surface area (Å²) >= 11 is 0. The number of hydrogen-bond acceptors (Lipinski definition) is 3. The van der Waals surface area contributed by atoms with Crippen LogP contribution in [0.1, 0.15) is 46.2 Å². The van der Waals surface area contributed by atoms with E-state index in [4.69, 9.17) is 15.2 Å². The summed E-state index contributed by atoms with van der Waals surface area (Å²) in [5.41, 5.74) is 6.94. The minimum Gasteiger partial charge on any atom is -0.491 e. The van der Waals surface area contributed by atoms with E-state index in [-0.39, 0.29) is 17.7 Å². The average Bonchev–Trinajstić information content (AvgIpc) is 2.28. The van der Waals surface area contributed by atoms with Crippen LogP contribution in [0.5, 0.6) is 5.75 Å². The zero-order valence-electron chi connectivity index (χ0n) is 12.1. The van der Waals surface area contributed by atoms with E-state index in [1.807, 2.05) is 58.9 Å². The average molecular weight is 251 g/mol. The highest BCUT2D eigenvalue weighted by Gasteiger charge is 2.28. The molecule has 0 bridgehead atoms. The van der Waals surface area contributed by atoms with E-state index in [1.54, 1.807) is 0 Å². The standard InChI is InChI=1S/C15H25NO2/c1-6-17-15(4,5)14(16)12-7-9-13(10-8-12)18-11(2)3/h7-11,14H,6,16H2,1-5H3. The van der Waals surface area contributed by atoms with Crippen LogP contribution in [0.4, 0.5) is 0 Å². The molecule has 1 unspecified atom stereocenters. The molecule has 0 spiro atoms. The Hall–Kier alpha value is -1.06. The Bertz CT molecular complexity index is 357.